The number of hydrogen-bond acceptors (Lipinski definition) is 6. The van der Waals surface area contributed by atoms with Gasteiger partial charge in [0.1, 0.15) is 0 Å². The first kappa shape index (κ1) is 16.4. The van der Waals surface area contributed by atoms with Crippen molar-refractivity contribution < 1.29 is 30.3 Å². The molecule has 0 aliphatic rings. The number of aromatic nitrogens is 2. The number of allylic oxidation sites excluding steroid dienone is 1. The fourth-order valence-corrected chi connectivity index (χ4v) is 1.58. The Kier molecular flexibility index (Phi) is 5.11. The molecule has 0 saturated carbocycles. The number of aryl methyl sites for hydroxylation is 1. The van der Waals surface area contributed by atoms with Gasteiger partial charge in [-0.15, -0.1) is 0 Å². The van der Waals surface area contributed by atoms with Crippen molar-refractivity contribution in [1.82, 2.24) is 9.72 Å². The lowest BCUT2D eigenvalue weighted by Gasteiger charge is -2.06. The minimum absolute atomic E-state index is 0.0611. The summed E-state index contributed by atoms with van der Waals surface area (Å²) < 4.78 is 66.0. The number of nitrogens with zero attached hydrogens (tertiary/aromatic N) is 2. The van der Waals surface area contributed by atoms with Crippen LogP contribution in [0.2, 0.25) is 0 Å². The van der Waals surface area contributed by atoms with Gasteiger partial charge in [-0.1, -0.05) is 17.3 Å². The molecule has 0 bridgehead atoms. The fourth-order valence-electron chi connectivity index (χ4n) is 1.13. The highest BCUT2D eigenvalue weighted by atomic mass is 32.2. The predicted octanol–water partition coefficient (Wildman–Crippen LogP) is 0.957. The molecule has 0 radical (unpaired) electrons. The second kappa shape index (κ2) is 6.22. The minimum Gasteiger partial charge on any atom is -0.296 e. The van der Waals surface area contributed by atoms with Crippen LogP contribution >= 0.6 is 0 Å². The summed E-state index contributed by atoms with van der Waals surface area (Å²) in [6, 6.07) is 0. The maximum absolute atomic E-state index is 11.9. The Morgan fingerprint density at radius 1 is 1.40 bits per heavy atom. The normalized spacial score (nSPS) is 13.2. The first-order valence-electron chi connectivity index (χ1n) is 5.29. The Hall–Kier alpha value is -1.62. The highest BCUT2D eigenvalue weighted by Gasteiger charge is 2.47. The summed E-state index contributed by atoms with van der Waals surface area (Å²) in [6.45, 7) is 1.01. The molecule has 0 unspecified atom stereocenters. The Bertz CT molecular complexity index is 629. The molecule has 114 valence electrons. The number of rotatable bonds is 6. The van der Waals surface area contributed by atoms with Crippen LogP contribution in [0.3, 0.4) is 0 Å². The van der Waals surface area contributed by atoms with Crippen molar-refractivity contribution in [3.05, 3.63) is 28.5 Å². The van der Waals surface area contributed by atoms with Crippen molar-refractivity contribution in [2.75, 3.05) is 6.61 Å². The predicted molar refractivity (Wildman–Crippen MR) is 60.2 cm³/mol. The van der Waals surface area contributed by atoms with E-state index < -0.39 is 28.0 Å². The molecule has 0 fully saturated rings. The van der Waals surface area contributed by atoms with Crippen LogP contribution in [0.15, 0.2) is 21.5 Å². The Labute approximate surface area is 111 Å². The van der Waals surface area contributed by atoms with Crippen molar-refractivity contribution in [2.24, 2.45) is 0 Å². The summed E-state index contributed by atoms with van der Waals surface area (Å²) in [4.78, 5) is 11.1. The number of hydrogen-bond donors (Lipinski definition) is 0. The van der Waals surface area contributed by atoms with Gasteiger partial charge < -0.3 is 0 Å². The van der Waals surface area contributed by atoms with E-state index in [1.165, 1.54) is 23.6 Å². The van der Waals surface area contributed by atoms with Crippen LogP contribution in [-0.4, -0.2) is 30.3 Å². The Morgan fingerprint density at radius 2 is 2.05 bits per heavy atom. The molecular weight excluding hydrogens is 305 g/mol. The maximum atomic E-state index is 11.9. The highest BCUT2D eigenvalue weighted by molar-refractivity contribution is 7.87. The molecule has 0 spiro atoms. The van der Waals surface area contributed by atoms with Gasteiger partial charge in [0.2, 0.25) is 0 Å². The third kappa shape index (κ3) is 4.20. The quantitative estimate of drug-likeness (QED) is 0.336. The van der Waals surface area contributed by atoms with Crippen LogP contribution in [0.25, 0.3) is 0 Å². The van der Waals surface area contributed by atoms with E-state index in [0.29, 0.717) is 5.82 Å². The molecule has 7 nitrogen and oxygen atoms in total. The van der Waals surface area contributed by atoms with Gasteiger partial charge >= 0.3 is 21.4 Å². The van der Waals surface area contributed by atoms with Crippen molar-refractivity contribution >= 4 is 10.1 Å². The van der Waals surface area contributed by atoms with E-state index in [2.05, 4.69) is 13.9 Å². The van der Waals surface area contributed by atoms with Gasteiger partial charge in [-0.2, -0.15) is 21.6 Å². The highest BCUT2D eigenvalue weighted by Crippen LogP contribution is 2.24. The van der Waals surface area contributed by atoms with E-state index in [0.717, 1.165) is 0 Å². The Morgan fingerprint density at radius 3 is 2.55 bits per heavy atom. The van der Waals surface area contributed by atoms with E-state index in [1.54, 1.807) is 0 Å². The molecule has 1 aromatic rings. The molecule has 0 amide bonds. The van der Waals surface area contributed by atoms with Crippen LogP contribution in [0.1, 0.15) is 12.2 Å². The summed E-state index contributed by atoms with van der Waals surface area (Å²) in [5, 5.41) is 3.40. The van der Waals surface area contributed by atoms with Gasteiger partial charge in [0.05, 0.1) is 6.61 Å². The Balaban J connectivity index is 2.39. The topological polar surface area (TPSA) is 91.4 Å². The summed E-state index contributed by atoms with van der Waals surface area (Å²) in [5.41, 5.74) is -5.43. The standard InChI is InChI=1S/C9H11F3N2O5S/c1-7-13-19-8(15)14(7)5-3-2-4-6-18-20(16,17)9(10,11)12/h2-3H,4-6H2,1H3/b3-2+. The lowest BCUT2D eigenvalue weighted by Crippen LogP contribution is -2.25. The third-order valence-corrected chi connectivity index (χ3v) is 3.17. The molecule has 0 atom stereocenters. The van der Waals surface area contributed by atoms with Gasteiger partial charge in [0.15, 0.2) is 5.82 Å². The molecule has 20 heavy (non-hydrogen) atoms. The molecule has 1 heterocycles. The van der Waals surface area contributed by atoms with Crippen molar-refractivity contribution in [2.45, 2.75) is 25.4 Å². The van der Waals surface area contributed by atoms with Gasteiger partial charge in [0.25, 0.3) is 0 Å². The van der Waals surface area contributed by atoms with E-state index >= 15 is 0 Å². The van der Waals surface area contributed by atoms with Gasteiger partial charge in [-0.05, 0) is 13.3 Å². The monoisotopic (exact) mass is 316 g/mol. The van der Waals surface area contributed by atoms with Crippen molar-refractivity contribution in [1.29, 1.82) is 0 Å². The average Bonchev–Trinajstić information content (AvgIpc) is 2.63. The van der Waals surface area contributed by atoms with Crippen molar-refractivity contribution in [3.63, 3.8) is 0 Å². The molecule has 11 heteroatoms. The van der Waals surface area contributed by atoms with Crippen molar-refractivity contribution in [3.8, 4) is 0 Å². The molecule has 0 saturated heterocycles. The van der Waals surface area contributed by atoms with Crippen LogP contribution in [0, 0.1) is 6.92 Å². The van der Waals surface area contributed by atoms with E-state index in [-0.39, 0.29) is 13.0 Å². The zero-order valence-electron chi connectivity index (χ0n) is 10.3. The lowest BCUT2D eigenvalue weighted by molar-refractivity contribution is -0.0541. The summed E-state index contributed by atoms with van der Waals surface area (Å²) in [7, 11) is -5.56. The molecule has 0 aliphatic carbocycles. The summed E-state index contributed by atoms with van der Waals surface area (Å²) >= 11 is 0. The number of alkyl halides is 3. The largest absolute Gasteiger partial charge is 0.523 e. The molecule has 0 N–H and O–H groups in total. The second-order valence-corrected chi connectivity index (χ2v) is 5.20. The van der Waals surface area contributed by atoms with Crippen LogP contribution < -0.4 is 5.76 Å². The van der Waals surface area contributed by atoms with E-state index in [4.69, 9.17) is 0 Å². The van der Waals surface area contributed by atoms with Gasteiger partial charge in [-0.25, -0.2) is 4.79 Å². The molecule has 0 aromatic carbocycles. The fraction of sp³-hybridized carbons (Fsp3) is 0.556. The van der Waals surface area contributed by atoms with Crippen LogP contribution in [0.4, 0.5) is 13.2 Å². The second-order valence-electron chi connectivity index (χ2n) is 3.59. The summed E-state index contributed by atoms with van der Waals surface area (Å²) in [6.07, 6.45) is 2.77. The van der Waals surface area contributed by atoms with Crippen LogP contribution in [-0.2, 0) is 20.8 Å². The van der Waals surface area contributed by atoms with E-state index in [1.807, 2.05) is 0 Å². The van der Waals surface area contributed by atoms with Gasteiger partial charge in [-0.3, -0.25) is 13.3 Å². The minimum atomic E-state index is -5.56. The van der Waals surface area contributed by atoms with Crippen LogP contribution in [0.5, 0.6) is 0 Å². The third-order valence-electron chi connectivity index (χ3n) is 2.13. The zero-order chi connectivity index (χ0) is 15.4. The molecule has 0 aliphatic heterocycles. The first-order chi connectivity index (χ1) is 9.15. The summed E-state index contributed by atoms with van der Waals surface area (Å²) in [5.74, 6) is -0.321. The van der Waals surface area contributed by atoms with Gasteiger partial charge in [0, 0.05) is 6.54 Å². The smallest absolute Gasteiger partial charge is 0.296 e. The molecular formula is C9H11F3N2O5S. The number of halogens is 3. The van der Waals surface area contributed by atoms with E-state index in [9.17, 15) is 26.4 Å². The molecule has 1 aromatic heterocycles. The average molecular weight is 316 g/mol. The lowest BCUT2D eigenvalue weighted by atomic mass is 10.4. The first-order valence-corrected chi connectivity index (χ1v) is 6.70. The zero-order valence-corrected chi connectivity index (χ0v) is 11.1. The maximum Gasteiger partial charge on any atom is 0.523 e. The SMILES string of the molecule is Cc1noc(=O)n1C/C=C/CCOS(=O)(=O)C(F)(F)F. The molecule has 1 rings (SSSR count).